The highest BCUT2D eigenvalue weighted by Crippen LogP contribution is 2.28. The van der Waals surface area contributed by atoms with Crippen LogP contribution in [0.1, 0.15) is 31.7 Å². The first-order chi connectivity index (χ1) is 11.2. The molecule has 122 valence electrons. The summed E-state index contributed by atoms with van der Waals surface area (Å²) in [4.78, 5) is 12.2. The van der Waals surface area contributed by atoms with Crippen LogP contribution in [0.15, 0.2) is 28.7 Å². The number of carbonyl (C=O) groups excluding carboxylic acids is 1. The summed E-state index contributed by atoms with van der Waals surface area (Å²) < 4.78 is 1.04. The van der Waals surface area contributed by atoms with Gasteiger partial charge in [0.15, 0.2) is 5.82 Å². The zero-order chi connectivity index (χ0) is 16.2. The third-order valence-corrected chi connectivity index (χ3v) is 4.73. The van der Waals surface area contributed by atoms with Crippen LogP contribution in [0.5, 0.6) is 0 Å². The number of anilines is 1. The molecule has 5 nitrogen and oxygen atoms in total. The summed E-state index contributed by atoms with van der Waals surface area (Å²) in [6, 6.07) is 8.36. The van der Waals surface area contributed by atoms with E-state index in [1.807, 2.05) is 24.3 Å². The molecule has 1 aliphatic heterocycles. The molecule has 6 heteroatoms. The van der Waals surface area contributed by atoms with E-state index in [-0.39, 0.29) is 5.91 Å². The Bertz CT molecular complexity index is 674. The first-order valence-corrected chi connectivity index (χ1v) is 8.83. The van der Waals surface area contributed by atoms with E-state index in [0.717, 1.165) is 47.1 Å². The van der Waals surface area contributed by atoms with Crippen LogP contribution in [0.3, 0.4) is 0 Å². The van der Waals surface area contributed by atoms with Gasteiger partial charge in [-0.05, 0) is 43.5 Å². The van der Waals surface area contributed by atoms with Gasteiger partial charge in [0.2, 0.25) is 5.91 Å². The Morgan fingerprint density at radius 1 is 1.39 bits per heavy atom. The highest BCUT2D eigenvalue weighted by atomic mass is 79.9. The van der Waals surface area contributed by atoms with Gasteiger partial charge in [0.1, 0.15) is 0 Å². The monoisotopic (exact) mass is 376 g/mol. The Hall–Kier alpha value is -1.66. The van der Waals surface area contributed by atoms with E-state index >= 15 is 0 Å². The number of nitrogens with one attached hydrogen (secondary N) is 3. The molecule has 1 aromatic heterocycles. The van der Waals surface area contributed by atoms with Crippen molar-refractivity contribution in [2.75, 3.05) is 11.9 Å². The summed E-state index contributed by atoms with van der Waals surface area (Å²) in [7, 11) is 0. The third kappa shape index (κ3) is 3.82. The van der Waals surface area contributed by atoms with Crippen LogP contribution in [0, 0.1) is 0 Å². The summed E-state index contributed by atoms with van der Waals surface area (Å²) in [6.45, 7) is 3.08. The predicted octanol–water partition coefficient (Wildman–Crippen LogP) is 3.48. The fraction of sp³-hybridized carbons (Fsp3) is 0.412. The van der Waals surface area contributed by atoms with Crippen molar-refractivity contribution in [3.05, 3.63) is 34.3 Å². The Balaban J connectivity index is 1.75. The Morgan fingerprint density at radius 2 is 2.17 bits per heavy atom. The molecule has 23 heavy (non-hydrogen) atoms. The van der Waals surface area contributed by atoms with Crippen molar-refractivity contribution in [3.63, 3.8) is 0 Å². The van der Waals surface area contributed by atoms with Gasteiger partial charge in [-0.15, -0.1) is 0 Å². The highest BCUT2D eigenvalue weighted by Gasteiger charge is 2.20. The molecule has 1 unspecified atom stereocenters. The topological polar surface area (TPSA) is 69.8 Å². The molecule has 1 aromatic carbocycles. The van der Waals surface area contributed by atoms with E-state index in [1.54, 1.807) is 0 Å². The van der Waals surface area contributed by atoms with Gasteiger partial charge in [0.25, 0.3) is 0 Å². The van der Waals surface area contributed by atoms with Crippen molar-refractivity contribution in [2.45, 2.75) is 38.6 Å². The second-order valence-corrected chi connectivity index (χ2v) is 6.75. The molecule has 1 fully saturated rings. The van der Waals surface area contributed by atoms with Gasteiger partial charge >= 0.3 is 0 Å². The fourth-order valence-electron chi connectivity index (χ4n) is 3.01. The van der Waals surface area contributed by atoms with Crippen molar-refractivity contribution in [1.82, 2.24) is 15.5 Å². The number of hydrogen-bond donors (Lipinski definition) is 3. The maximum absolute atomic E-state index is 12.2. The standard InChI is InChI=1S/C17H21BrN4O/c1-2-14-16(11-5-7-12(18)8-6-11)21-22-17(14)20-15(23)10-13-4-3-9-19-13/h5-8,13,19H,2-4,9-10H2,1H3,(H2,20,21,22,23). The molecule has 2 heterocycles. The van der Waals surface area contributed by atoms with E-state index in [4.69, 9.17) is 0 Å². The summed E-state index contributed by atoms with van der Waals surface area (Å²) in [5.41, 5.74) is 3.07. The largest absolute Gasteiger partial charge is 0.313 e. The molecule has 2 aromatic rings. The van der Waals surface area contributed by atoms with E-state index in [9.17, 15) is 4.79 Å². The van der Waals surface area contributed by atoms with Gasteiger partial charge in [0.05, 0.1) is 5.69 Å². The van der Waals surface area contributed by atoms with E-state index in [1.165, 1.54) is 0 Å². The molecule has 0 aliphatic carbocycles. The van der Waals surface area contributed by atoms with Crippen LogP contribution in [0.2, 0.25) is 0 Å². The van der Waals surface area contributed by atoms with Gasteiger partial charge in [0, 0.05) is 22.5 Å². The molecular formula is C17H21BrN4O. The summed E-state index contributed by atoms with van der Waals surface area (Å²) in [6.07, 6.45) is 3.52. The van der Waals surface area contributed by atoms with Crippen LogP contribution < -0.4 is 10.6 Å². The number of benzene rings is 1. The Labute approximate surface area is 144 Å². The normalized spacial score (nSPS) is 17.4. The lowest BCUT2D eigenvalue weighted by molar-refractivity contribution is -0.116. The molecule has 0 saturated carbocycles. The summed E-state index contributed by atoms with van der Waals surface area (Å²) >= 11 is 3.44. The van der Waals surface area contributed by atoms with Gasteiger partial charge in [-0.2, -0.15) is 5.10 Å². The predicted molar refractivity (Wildman–Crippen MR) is 95.4 cm³/mol. The summed E-state index contributed by atoms with van der Waals surface area (Å²) in [5.74, 6) is 0.668. The molecule has 1 atom stereocenters. The number of amides is 1. The summed E-state index contributed by atoms with van der Waals surface area (Å²) in [5, 5.41) is 13.7. The van der Waals surface area contributed by atoms with Crippen molar-refractivity contribution in [2.24, 2.45) is 0 Å². The Kier molecular flexibility index (Phi) is 5.13. The first kappa shape index (κ1) is 16.2. The average Bonchev–Trinajstić information content (AvgIpc) is 3.17. The van der Waals surface area contributed by atoms with Crippen LogP contribution in [-0.2, 0) is 11.2 Å². The molecule has 0 bridgehead atoms. The van der Waals surface area contributed by atoms with Crippen LogP contribution in [-0.4, -0.2) is 28.7 Å². The minimum atomic E-state index is 0.0213. The quantitative estimate of drug-likeness (QED) is 0.747. The fourth-order valence-corrected chi connectivity index (χ4v) is 3.27. The van der Waals surface area contributed by atoms with Crippen molar-refractivity contribution < 1.29 is 4.79 Å². The lowest BCUT2D eigenvalue weighted by atomic mass is 10.1. The van der Waals surface area contributed by atoms with Gasteiger partial charge in [-0.1, -0.05) is 35.0 Å². The van der Waals surface area contributed by atoms with Crippen molar-refractivity contribution >= 4 is 27.7 Å². The zero-order valence-electron chi connectivity index (χ0n) is 13.2. The highest BCUT2D eigenvalue weighted by molar-refractivity contribution is 9.10. The van der Waals surface area contributed by atoms with Gasteiger partial charge in [-0.25, -0.2) is 0 Å². The molecule has 3 rings (SSSR count). The number of H-pyrrole nitrogens is 1. The van der Waals surface area contributed by atoms with Crippen LogP contribution in [0.25, 0.3) is 11.3 Å². The third-order valence-electron chi connectivity index (χ3n) is 4.21. The molecule has 0 radical (unpaired) electrons. The van der Waals surface area contributed by atoms with Gasteiger partial charge < -0.3 is 10.6 Å². The molecular weight excluding hydrogens is 356 g/mol. The number of hydrogen-bond acceptors (Lipinski definition) is 3. The minimum Gasteiger partial charge on any atom is -0.313 e. The minimum absolute atomic E-state index is 0.0213. The average molecular weight is 377 g/mol. The lowest BCUT2D eigenvalue weighted by Crippen LogP contribution is -2.27. The van der Waals surface area contributed by atoms with Crippen molar-refractivity contribution in [3.8, 4) is 11.3 Å². The Morgan fingerprint density at radius 3 is 2.83 bits per heavy atom. The number of carbonyl (C=O) groups is 1. The maximum Gasteiger partial charge on any atom is 0.227 e. The molecule has 1 aliphatic rings. The number of halogens is 1. The first-order valence-electron chi connectivity index (χ1n) is 8.03. The number of rotatable bonds is 5. The number of aromatic nitrogens is 2. The van der Waals surface area contributed by atoms with Gasteiger partial charge in [-0.3, -0.25) is 9.89 Å². The van der Waals surface area contributed by atoms with E-state index < -0.39 is 0 Å². The van der Waals surface area contributed by atoms with E-state index in [2.05, 4.69) is 43.7 Å². The van der Waals surface area contributed by atoms with Crippen LogP contribution in [0.4, 0.5) is 5.82 Å². The molecule has 3 N–H and O–H groups in total. The zero-order valence-corrected chi connectivity index (χ0v) is 14.7. The van der Waals surface area contributed by atoms with E-state index in [0.29, 0.717) is 18.3 Å². The van der Waals surface area contributed by atoms with Crippen LogP contribution >= 0.6 is 15.9 Å². The maximum atomic E-state index is 12.2. The number of aromatic amines is 1. The molecule has 0 spiro atoms. The lowest BCUT2D eigenvalue weighted by Gasteiger charge is -2.10. The SMILES string of the molecule is CCc1c(NC(=O)CC2CCCN2)n[nH]c1-c1ccc(Br)cc1. The second-order valence-electron chi connectivity index (χ2n) is 5.83. The second kappa shape index (κ2) is 7.27. The van der Waals surface area contributed by atoms with Crippen molar-refractivity contribution in [1.29, 1.82) is 0 Å². The number of nitrogens with zero attached hydrogens (tertiary/aromatic N) is 1. The molecule has 1 saturated heterocycles. The molecule has 1 amide bonds. The smallest absolute Gasteiger partial charge is 0.227 e.